The van der Waals surface area contributed by atoms with Gasteiger partial charge in [0, 0.05) is 17.7 Å². The second-order valence-electron chi connectivity index (χ2n) is 11.0. The Labute approximate surface area is 251 Å². The number of halogens is 10. The molecule has 1 aliphatic carbocycles. The molecule has 1 aromatic carbocycles. The lowest BCUT2D eigenvalue weighted by molar-refractivity contribution is -0.225. The molecule has 2 aromatic heterocycles. The SMILES string of the molecule is Nc1ncnn2c(-c3cccc(C(=O)N(C(=O)C(F)(F)F)[C@@H]4CN(C(=O)C5(C(F)(F)F)CCCC5)C[C@@H]4F)c3)cc(C(F)(F)F)c12. The molecule has 5 rings (SSSR count). The molecule has 1 saturated heterocycles. The number of imide groups is 1. The number of likely N-dealkylation sites (tertiary alicyclic amines) is 1. The molecule has 2 fully saturated rings. The number of nitrogens with zero attached hydrogens (tertiary/aromatic N) is 5. The maximum Gasteiger partial charge on any atom is 0.471 e. The summed E-state index contributed by atoms with van der Waals surface area (Å²) in [6.07, 6.45) is -18.7. The van der Waals surface area contributed by atoms with Crippen LogP contribution in [0.2, 0.25) is 0 Å². The largest absolute Gasteiger partial charge is 0.471 e. The first-order valence-electron chi connectivity index (χ1n) is 13.5. The number of nitrogen functional groups attached to an aromatic ring is 1. The van der Waals surface area contributed by atoms with Gasteiger partial charge in [0.15, 0.2) is 5.82 Å². The first kappa shape index (κ1) is 32.9. The fourth-order valence-electron chi connectivity index (χ4n) is 6.03. The number of anilines is 1. The summed E-state index contributed by atoms with van der Waals surface area (Å²) in [5.41, 5.74) is -0.485. The smallest absolute Gasteiger partial charge is 0.382 e. The predicted molar refractivity (Wildman–Crippen MR) is 137 cm³/mol. The fraction of sp³-hybridized carbons (Fsp3) is 0.444. The number of rotatable bonds is 4. The third kappa shape index (κ3) is 5.48. The van der Waals surface area contributed by atoms with E-state index in [0.717, 1.165) is 29.0 Å². The molecule has 1 aliphatic heterocycles. The van der Waals surface area contributed by atoms with E-state index in [-0.39, 0.29) is 24.1 Å². The van der Waals surface area contributed by atoms with Crippen LogP contribution in [0.15, 0.2) is 36.7 Å². The van der Waals surface area contributed by atoms with E-state index in [4.69, 9.17) is 5.73 Å². The minimum atomic E-state index is -5.77. The van der Waals surface area contributed by atoms with Crippen molar-refractivity contribution in [1.29, 1.82) is 0 Å². The van der Waals surface area contributed by atoms with Gasteiger partial charge in [-0.05, 0) is 31.0 Å². The van der Waals surface area contributed by atoms with E-state index < -0.39 is 107 Å². The van der Waals surface area contributed by atoms with Crippen LogP contribution in [-0.4, -0.2) is 79.8 Å². The van der Waals surface area contributed by atoms with Gasteiger partial charge in [0.1, 0.15) is 23.4 Å². The minimum absolute atomic E-state index is 0.0229. The van der Waals surface area contributed by atoms with Crippen molar-refractivity contribution in [2.75, 3.05) is 18.8 Å². The highest BCUT2D eigenvalue weighted by Gasteiger charge is 2.63. The number of carbonyl (C=O) groups excluding carboxylic acids is 3. The van der Waals surface area contributed by atoms with Crippen LogP contribution in [-0.2, 0) is 15.8 Å². The van der Waals surface area contributed by atoms with E-state index in [9.17, 15) is 53.9 Å². The summed E-state index contributed by atoms with van der Waals surface area (Å²) in [4.78, 5) is 42.5. The van der Waals surface area contributed by atoms with E-state index in [2.05, 4.69) is 10.1 Å². The Morgan fingerprint density at radius 1 is 0.957 bits per heavy atom. The lowest BCUT2D eigenvalue weighted by Crippen LogP contribution is -2.54. The number of fused-ring (bicyclic) bond motifs is 1. The zero-order valence-electron chi connectivity index (χ0n) is 23.2. The van der Waals surface area contributed by atoms with Crippen molar-refractivity contribution in [2.45, 2.75) is 56.4 Å². The summed E-state index contributed by atoms with van der Waals surface area (Å²) in [6, 6.07) is 2.20. The standard InChI is InChI=1S/C27H22F10N6O3/c28-16-10-41(22(45)24(27(35,36)37)6-1-2-7-24)11-18(16)42(23(46)26(32,33)34)21(44)14-5-3-4-13(8-14)17-9-15(25(29,30)31)19-20(38)39-12-40-43(17)19/h3-5,8-9,12,16,18H,1-2,6-7,10-11H2,(H2,38,39,40)/t16-,18+/m0/s1. The molecule has 1 saturated carbocycles. The zero-order valence-corrected chi connectivity index (χ0v) is 23.2. The zero-order chi connectivity index (χ0) is 34.0. The molecule has 2 N–H and O–H groups in total. The van der Waals surface area contributed by atoms with Gasteiger partial charge in [-0.25, -0.2) is 13.9 Å². The minimum Gasteiger partial charge on any atom is -0.382 e. The summed E-state index contributed by atoms with van der Waals surface area (Å²) >= 11 is 0. The Balaban J connectivity index is 1.53. The second-order valence-corrected chi connectivity index (χ2v) is 11.0. The van der Waals surface area contributed by atoms with E-state index in [1.165, 1.54) is 6.07 Å². The number of carbonyl (C=O) groups is 3. The first-order valence-corrected chi connectivity index (χ1v) is 13.5. The average molecular weight is 668 g/mol. The van der Waals surface area contributed by atoms with Gasteiger partial charge in [-0.1, -0.05) is 25.0 Å². The van der Waals surface area contributed by atoms with Crippen molar-refractivity contribution in [3.8, 4) is 11.3 Å². The third-order valence-electron chi connectivity index (χ3n) is 8.22. The van der Waals surface area contributed by atoms with E-state index >= 15 is 4.39 Å². The Kier molecular flexibility index (Phi) is 7.95. The van der Waals surface area contributed by atoms with Gasteiger partial charge in [0.25, 0.3) is 5.91 Å². The maximum atomic E-state index is 15.3. The van der Waals surface area contributed by atoms with Crippen LogP contribution in [0.25, 0.3) is 16.8 Å². The van der Waals surface area contributed by atoms with Crippen LogP contribution < -0.4 is 5.73 Å². The number of hydrogen-bond donors (Lipinski definition) is 1. The predicted octanol–water partition coefficient (Wildman–Crippen LogP) is 5.20. The second kappa shape index (κ2) is 11.1. The number of alkyl halides is 10. The molecule has 248 valence electrons. The van der Waals surface area contributed by atoms with Crippen LogP contribution in [0.1, 0.15) is 41.6 Å². The lowest BCUT2D eigenvalue weighted by atomic mass is 9.83. The summed E-state index contributed by atoms with van der Waals surface area (Å²) in [5, 5.41) is 3.74. The molecule has 2 aliphatic rings. The van der Waals surface area contributed by atoms with Crippen LogP contribution in [0.4, 0.5) is 49.7 Å². The van der Waals surface area contributed by atoms with Crippen molar-refractivity contribution in [1.82, 2.24) is 24.4 Å². The van der Waals surface area contributed by atoms with Crippen LogP contribution >= 0.6 is 0 Å². The number of aromatic nitrogens is 3. The highest BCUT2D eigenvalue weighted by molar-refractivity contribution is 6.07. The Morgan fingerprint density at radius 2 is 1.61 bits per heavy atom. The van der Waals surface area contributed by atoms with Crippen LogP contribution in [0.3, 0.4) is 0 Å². The topological polar surface area (TPSA) is 114 Å². The van der Waals surface area contributed by atoms with Crippen molar-refractivity contribution in [3.63, 3.8) is 0 Å². The maximum absolute atomic E-state index is 15.3. The monoisotopic (exact) mass is 668 g/mol. The van der Waals surface area contributed by atoms with Crippen molar-refractivity contribution in [2.24, 2.45) is 5.41 Å². The van der Waals surface area contributed by atoms with Gasteiger partial charge in [-0.15, -0.1) is 0 Å². The molecule has 0 bridgehead atoms. The van der Waals surface area contributed by atoms with E-state index in [1.54, 1.807) is 0 Å². The van der Waals surface area contributed by atoms with Gasteiger partial charge in [-0.3, -0.25) is 19.3 Å². The summed E-state index contributed by atoms with van der Waals surface area (Å²) in [6.45, 7) is -2.27. The van der Waals surface area contributed by atoms with Crippen molar-refractivity contribution >= 4 is 29.1 Å². The molecule has 2 atom stereocenters. The third-order valence-corrected chi connectivity index (χ3v) is 8.22. The van der Waals surface area contributed by atoms with Crippen molar-refractivity contribution < 1.29 is 58.3 Å². The molecule has 3 aromatic rings. The molecule has 0 spiro atoms. The van der Waals surface area contributed by atoms with Gasteiger partial charge in [0.05, 0.1) is 23.8 Å². The van der Waals surface area contributed by atoms with Crippen LogP contribution in [0, 0.1) is 5.41 Å². The summed E-state index contributed by atoms with van der Waals surface area (Å²) in [5.74, 6) is -6.76. The summed E-state index contributed by atoms with van der Waals surface area (Å²) < 4.78 is 140. The molecule has 19 heteroatoms. The molecular formula is C27H22F10N6O3. The molecule has 9 nitrogen and oxygen atoms in total. The van der Waals surface area contributed by atoms with Gasteiger partial charge in [-0.2, -0.15) is 44.6 Å². The van der Waals surface area contributed by atoms with Crippen molar-refractivity contribution in [3.05, 3.63) is 47.8 Å². The molecule has 0 unspecified atom stereocenters. The fourth-order valence-corrected chi connectivity index (χ4v) is 6.03. The lowest BCUT2D eigenvalue weighted by Gasteiger charge is -2.34. The molecule has 46 heavy (non-hydrogen) atoms. The Hall–Kier alpha value is -4.45. The highest BCUT2D eigenvalue weighted by Crippen LogP contribution is 2.52. The molecular weight excluding hydrogens is 646 g/mol. The molecule has 0 radical (unpaired) electrons. The molecule has 3 amide bonds. The first-order chi connectivity index (χ1) is 21.3. The Morgan fingerprint density at radius 3 is 2.20 bits per heavy atom. The number of nitrogens with two attached hydrogens (primary N) is 1. The highest BCUT2D eigenvalue weighted by atomic mass is 19.4. The van der Waals surface area contributed by atoms with Gasteiger partial charge in [0.2, 0.25) is 5.91 Å². The number of amides is 3. The Bertz CT molecular complexity index is 1690. The van der Waals surface area contributed by atoms with Crippen LogP contribution in [0.5, 0.6) is 0 Å². The van der Waals surface area contributed by atoms with Gasteiger partial charge >= 0.3 is 24.4 Å². The average Bonchev–Trinajstić information content (AvgIpc) is 3.70. The number of hydrogen-bond acceptors (Lipinski definition) is 6. The number of benzene rings is 1. The van der Waals surface area contributed by atoms with Gasteiger partial charge < -0.3 is 10.6 Å². The molecule has 3 heterocycles. The quantitative estimate of drug-likeness (QED) is 0.383. The normalized spacial score (nSPS) is 20.3. The summed E-state index contributed by atoms with van der Waals surface area (Å²) in [7, 11) is 0. The van der Waals surface area contributed by atoms with E-state index in [1.807, 2.05) is 0 Å². The van der Waals surface area contributed by atoms with E-state index in [0.29, 0.717) is 11.0 Å².